The first kappa shape index (κ1) is 23.3. The molecule has 0 atom stereocenters. The Morgan fingerprint density at radius 1 is 0.914 bits per heavy atom. The zero-order chi connectivity index (χ0) is 24.4. The maximum Gasteiger partial charge on any atom is 0.737 e. The second-order valence-corrected chi connectivity index (χ2v) is 9.06. The van der Waals surface area contributed by atoms with Crippen molar-refractivity contribution in [3.05, 3.63) is 95.8 Å². The molecule has 178 valence electrons. The van der Waals surface area contributed by atoms with Crippen LogP contribution in [0.3, 0.4) is 0 Å². The molecule has 0 bridgehead atoms. The molecule has 0 saturated carbocycles. The molecule has 3 heterocycles. The predicted octanol–water partition coefficient (Wildman–Crippen LogP) is 6.51. The number of unbranched alkanes of at least 4 members (excludes halogenated alkanes) is 2. The van der Waals surface area contributed by atoms with Crippen molar-refractivity contribution in [1.82, 2.24) is 4.48 Å². The van der Waals surface area contributed by atoms with E-state index in [0.717, 1.165) is 40.4 Å². The van der Waals surface area contributed by atoms with E-state index in [1.165, 1.54) is 10.7 Å². The van der Waals surface area contributed by atoms with Crippen molar-refractivity contribution < 1.29 is 22.6 Å². The summed E-state index contributed by atoms with van der Waals surface area (Å²) in [5.41, 5.74) is 3.79. The van der Waals surface area contributed by atoms with Crippen molar-refractivity contribution in [3.63, 3.8) is 0 Å². The van der Waals surface area contributed by atoms with Crippen molar-refractivity contribution in [2.75, 3.05) is 6.61 Å². The zero-order valence-corrected chi connectivity index (χ0v) is 19.8. The maximum atomic E-state index is 15.8. The molecule has 2 aliphatic rings. The fourth-order valence-electron chi connectivity index (χ4n) is 4.71. The largest absolute Gasteiger partial charge is 0.737 e. The van der Waals surface area contributed by atoms with Gasteiger partial charge in [0.1, 0.15) is 12.0 Å². The lowest BCUT2D eigenvalue weighted by Crippen LogP contribution is -2.49. The maximum absolute atomic E-state index is 15.8. The Morgan fingerprint density at radius 3 is 2.40 bits per heavy atom. The third-order valence-electron chi connectivity index (χ3n) is 6.35. The standard InChI is InChI=1S/C27H24BClF2N2O2/c29-26(34)11-5-2-6-19-35-22-14-12-21(13-15-22)27-24-10-7-18-32(24)28(30,31)33-23(16-17-25(27)33)20-8-3-1-4-9-20/h1,3-4,7-10,12-18H,2,5-6,11,19H2. The van der Waals surface area contributed by atoms with Crippen LogP contribution in [0, 0.1) is 0 Å². The lowest BCUT2D eigenvalue weighted by Gasteiger charge is -2.32. The minimum absolute atomic E-state index is 0.311. The summed E-state index contributed by atoms with van der Waals surface area (Å²) in [5.74, 6) is 0.712. The Kier molecular flexibility index (Phi) is 6.43. The Bertz CT molecular complexity index is 1350. The number of carbonyl (C=O) groups is 1. The Balaban J connectivity index is 1.43. The molecule has 0 amide bonds. The summed E-state index contributed by atoms with van der Waals surface area (Å²) >= 11 is 5.35. The number of hydrogen-bond acceptors (Lipinski definition) is 2. The van der Waals surface area contributed by atoms with Gasteiger partial charge in [-0.2, -0.15) is 0 Å². The highest BCUT2D eigenvalue weighted by Gasteiger charge is 2.52. The van der Waals surface area contributed by atoms with Crippen LogP contribution in [0.2, 0.25) is 0 Å². The summed E-state index contributed by atoms with van der Waals surface area (Å²) < 4.78 is 39.6. The number of ether oxygens (including phenoxy) is 1. The van der Waals surface area contributed by atoms with E-state index in [0.29, 0.717) is 35.9 Å². The van der Waals surface area contributed by atoms with Crippen molar-refractivity contribution in [2.24, 2.45) is 0 Å². The average molecular weight is 493 g/mol. The molecule has 0 saturated heterocycles. The molecule has 0 fully saturated rings. The molecule has 35 heavy (non-hydrogen) atoms. The van der Waals surface area contributed by atoms with E-state index in [1.807, 2.05) is 54.6 Å². The van der Waals surface area contributed by atoms with Crippen LogP contribution in [0.1, 0.15) is 36.9 Å². The summed E-state index contributed by atoms with van der Waals surface area (Å²) in [6, 6.07) is 20.4. The highest BCUT2D eigenvalue weighted by molar-refractivity contribution is 6.63. The van der Waals surface area contributed by atoms with Crippen LogP contribution < -0.4 is 4.74 Å². The van der Waals surface area contributed by atoms with Gasteiger partial charge >= 0.3 is 6.97 Å². The number of benzene rings is 2. The van der Waals surface area contributed by atoms with Gasteiger partial charge in [0.2, 0.25) is 5.24 Å². The number of fused-ring (bicyclic) bond motifs is 2. The molecule has 4 nitrogen and oxygen atoms in total. The fraction of sp³-hybridized carbons (Fsp3) is 0.185. The van der Waals surface area contributed by atoms with Crippen molar-refractivity contribution in [3.8, 4) is 17.0 Å². The molecule has 0 unspecified atom stereocenters. The molecule has 1 aromatic heterocycles. The Hall–Kier alpha value is -3.45. The Morgan fingerprint density at radius 2 is 1.66 bits per heavy atom. The lowest BCUT2D eigenvalue weighted by molar-refractivity contribution is -0.356. The van der Waals surface area contributed by atoms with E-state index in [4.69, 9.17) is 16.3 Å². The quantitative estimate of drug-likeness (QED) is 0.194. The van der Waals surface area contributed by atoms with Crippen LogP contribution >= 0.6 is 11.6 Å². The number of aromatic nitrogens is 1. The molecule has 0 aliphatic carbocycles. The van der Waals surface area contributed by atoms with Crippen molar-refractivity contribution in [2.45, 2.75) is 25.7 Å². The number of halogens is 3. The normalized spacial score (nSPS) is 15.6. The number of hydrogen-bond donors (Lipinski definition) is 0. The summed E-state index contributed by atoms with van der Waals surface area (Å²) in [6.45, 7) is -3.51. The average Bonchev–Trinajstić information content (AvgIpc) is 3.52. The van der Waals surface area contributed by atoms with E-state index in [-0.39, 0.29) is 5.24 Å². The molecule has 2 aliphatic heterocycles. The molecular formula is C27H24BClF2N2O2. The van der Waals surface area contributed by atoms with Gasteiger partial charge in [-0.25, -0.2) is 0 Å². The first-order valence-electron chi connectivity index (χ1n) is 11.7. The van der Waals surface area contributed by atoms with E-state index in [2.05, 4.69) is 0 Å². The molecule has 5 rings (SSSR count). The molecule has 8 heteroatoms. The third kappa shape index (κ3) is 4.48. The van der Waals surface area contributed by atoms with Crippen LogP contribution in [-0.2, 0) is 4.79 Å². The molecule has 0 N–H and O–H groups in total. The summed E-state index contributed by atoms with van der Waals surface area (Å²) in [6.07, 6.45) is 7.66. The lowest BCUT2D eigenvalue weighted by atomic mass is 9.85. The van der Waals surface area contributed by atoms with Gasteiger partial charge in [0, 0.05) is 30.0 Å². The van der Waals surface area contributed by atoms with Gasteiger partial charge in [-0.05, 0) is 66.3 Å². The molecule has 2 aromatic carbocycles. The summed E-state index contributed by atoms with van der Waals surface area (Å²) in [4.78, 5) is 10.8. The number of nitrogens with zero attached hydrogens (tertiary/aromatic N) is 2. The van der Waals surface area contributed by atoms with Crippen LogP contribution in [0.15, 0.2) is 84.6 Å². The van der Waals surface area contributed by atoms with Gasteiger partial charge in [0.25, 0.3) is 0 Å². The molecule has 0 spiro atoms. The first-order valence-corrected chi connectivity index (χ1v) is 12.1. The van der Waals surface area contributed by atoms with E-state index in [1.54, 1.807) is 24.3 Å². The summed E-state index contributed by atoms with van der Waals surface area (Å²) in [7, 11) is 0. The van der Waals surface area contributed by atoms with Crippen molar-refractivity contribution >= 4 is 35.6 Å². The van der Waals surface area contributed by atoms with E-state index >= 15 is 8.63 Å². The van der Waals surface area contributed by atoms with Crippen LogP contribution in [0.25, 0.3) is 16.8 Å². The zero-order valence-electron chi connectivity index (χ0n) is 19.0. The first-order chi connectivity index (χ1) is 17.0. The third-order valence-corrected chi connectivity index (χ3v) is 6.54. The Labute approximate surface area is 207 Å². The monoisotopic (exact) mass is 492 g/mol. The number of rotatable bonds is 9. The van der Waals surface area contributed by atoms with Gasteiger partial charge in [-0.15, -0.1) is 0 Å². The highest BCUT2D eigenvalue weighted by Crippen LogP contribution is 2.42. The molecular weight excluding hydrogens is 469 g/mol. The smallest absolute Gasteiger partial charge is 0.494 e. The second-order valence-electron chi connectivity index (χ2n) is 8.64. The number of carbonyl (C=O) groups excluding carboxylic acids is 1. The molecule has 0 radical (unpaired) electrons. The van der Waals surface area contributed by atoms with Gasteiger partial charge in [0.05, 0.1) is 12.2 Å². The fourth-order valence-corrected chi connectivity index (χ4v) is 4.84. The van der Waals surface area contributed by atoms with E-state index < -0.39 is 6.97 Å². The summed E-state index contributed by atoms with van der Waals surface area (Å²) in [5, 5.41) is -0.311. The van der Waals surface area contributed by atoms with Gasteiger partial charge in [-0.3, -0.25) is 4.79 Å². The van der Waals surface area contributed by atoms with Gasteiger partial charge in [-0.1, -0.05) is 42.5 Å². The SMILES string of the molecule is O=C(Cl)CCCCCOc1ccc(C2=C3C=CC=[N+]3[B-](F)(F)n3c2ccc3-c2ccccc2)cc1. The van der Waals surface area contributed by atoms with Gasteiger partial charge < -0.3 is 22.3 Å². The molecule has 3 aromatic rings. The second kappa shape index (κ2) is 9.66. The van der Waals surface area contributed by atoms with Crippen molar-refractivity contribution in [1.29, 1.82) is 0 Å². The topological polar surface area (TPSA) is 34.2 Å². The minimum Gasteiger partial charge on any atom is -0.494 e. The van der Waals surface area contributed by atoms with Gasteiger partial charge in [0.15, 0.2) is 5.70 Å². The van der Waals surface area contributed by atoms with Crippen LogP contribution in [-0.4, -0.2) is 34.0 Å². The van der Waals surface area contributed by atoms with Crippen LogP contribution in [0.4, 0.5) is 8.63 Å². The number of allylic oxidation sites excluding steroid dienone is 2. The van der Waals surface area contributed by atoms with Crippen LogP contribution in [0.5, 0.6) is 5.75 Å². The minimum atomic E-state index is -4.04. The van der Waals surface area contributed by atoms with E-state index in [9.17, 15) is 4.79 Å². The highest BCUT2D eigenvalue weighted by atomic mass is 35.5. The predicted molar refractivity (Wildman–Crippen MR) is 136 cm³/mol.